The van der Waals surface area contributed by atoms with E-state index >= 15 is 0 Å². The van der Waals surface area contributed by atoms with Crippen LogP contribution in [0.5, 0.6) is 0 Å². The summed E-state index contributed by atoms with van der Waals surface area (Å²) in [6.45, 7) is 5.12. The van der Waals surface area contributed by atoms with Gasteiger partial charge < -0.3 is 9.80 Å². The molecule has 178 valence electrons. The van der Waals surface area contributed by atoms with Gasteiger partial charge in [0, 0.05) is 24.8 Å². The van der Waals surface area contributed by atoms with Crippen molar-refractivity contribution < 1.29 is 14.0 Å². The monoisotopic (exact) mass is 482 g/mol. The molecule has 3 aromatic rings. The first-order chi connectivity index (χ1) is 16.3. The molecule has 2 aromatic heterocycles. The molecule has 2 aliphatic heterocycles. The highest BCUT2D eigenvalue weighted by molar-refractivity contribution is 7.20. The number of carbonyl (C=O) groups is 2. The third-order valence-corrected chi connectivity index (χ3v) is 8.11. The van der Waals surface area contributed by atoms with E-state index in [0.29, 0.717) is 32.8 Å². The summed E-state index contributed by atoms with van der Waals surface area (Å²) in [5, 5.41) is 0.381. The van der Waals surface area contributed by atoms with Gasteiger partial charge in [-0.1, -0.05) is 0 Å². The van der Waals surface area contributed by atoms with Crippen LogP contribution < -0.4 is 10.5 Å². The molecule has 0 spiro atoms. The normalized spacial score (nSPS) is 18.3. The third kappa shape index (κ3) is 3.91. The number of hydrogen-bond donors (Lipinski definition) is 0. The summed E-state index contributed by atoms with van der Waals surface area (Å²) in [6, 6.07) is 4.45. The maximum absolute atomic E-state index is 13.8. The van der Waals surface area contributed by atoms with Crippen molar-refractivity contribution in [2.24, 2.45) is 0 Å². The highest BCUT2D eigenvalue weighted by atomic mass is 32.1. The number of benzene rings is 1. The molecule has 34 heavy (non-hydrogen) atoms. The number of hydrogen-bond acceptors (Lipinski definition) is 5. The lowest BCUT2D eigenvalue weighted by atomic mass is 9.96. The van der Waals surface area contributed by atoms with E-state index in [-0.39, 0.29) is 35.8 Å². The van der Waals surface area contributed by atoms with Crippen LogP contribution in [0.2, 0.25) is 0 Å². The van der Waals surface area contributed by atoms with Crippen molar-refractivity contribution in [3.05, 3.63) is 56.7 Å². The molecule has 2 aliphatic rings. The van der Waals surface area contributed by atoms with Crippen LogP contribution in [0, 0.1) is 12.7 Å². The second-order valence-electron chi connectivity index (χ2n) is 9.19. The van der Waals surface area contributed by atoms with Crippen LogP contribution in [0.1, 0.15) is 53.4 Å². The smallest absolute Gasteiger partial charge is 0.268 e. The first-order valence-corrected chi connectivity index (χ1v) is 12.5. The highest BCUT2D eigenvalue weighted by Gasteiger charge is 2.32. The molecule has 1 atom stereocenters. The first kappa shape index (κ1) is 22.7. The van der Waals surface area contributed by atoms with Crippen LogP contribution in [-0.4, -0.2) is 45.4 Å². The van der Waals surface area contributed by atoms with Crippen molar-refractivity contribution in [2.45, 2.75) is 58.5 Å². The summed E-state index contributed by atoms with van der Waals surface area (Å²) in [4.78, 5) is 48.5. The van der Waals surface area contributed by atoms with E-state index in [2.05, 4.69) is 4.98 Å². The highest BCUT2D eigenvalue weighted by Crippen LogP contribution is 2.35. The van der Waals surface area contributed by atoms with Gasteiger partial charge in [0.05, 0.1) is 16.6 Å². The fourth-order valence-corrected chi connectivity index (χ4v) is 6.08. The molecule has 1 aromatic carbocycles. The molecule has 7 nitrogen and oxygen atoms in total. The molecule has 0 N–H and O–H groups in total. The molecular formula is C25H27FN4O3S. The van der Waals surface area contributed by atoms with Gasteiger partial charge in [-0.3, -0.25) is 19.0 Å². The summed E-state index contributed by atoms with van der Waals surface area (Å²) in [6.07, 6.45) is 5.93. The van der Waals surface area contributed by atoms with Crippen LogP contribution in [0.4, 0.5) is 10.1 Å². The van der Waals surface area contributed by atoms with Crippen molar-refractivity contribution in [1.82, 2.24) is 14.5 Å². The Kier molecular flexibility index (Phi) is 5.97. The van der Waals surface area contributed by atoms with Crippen molar-refractivity contribution in [3.63, 3.8) is 0 Å². The van der Waals surface area contributed by atoms with Gasteiger partial charge in [-0.2, -0.15) is 0 Å². The summed E-state index contributed by atoms with van der Waals surface area (Å²) < 4.78 is 15.1. The van der Waals surface area contributed by atoms with Crippen LogP contribution in [0.25, 0.3) is 10.2 Å². The number of fused-ring (bicyclic) bond motifs is 2. The van der Waals surface area contributed by atoms with E-state index in [0.717, 1.165) is 44.3 Å². The molecule has 1 fully saturated rings. The number of rotatable bonds is 3. The van der Waals surface area contributed by atoms with Crippen molar-refractivity contribution >= 4 is 39.1 Å². The average Bonchev–Trinajstić information content (AvgIpc) is 3.18. The summed E-state index contributed by atoms with van der Waals surface area (Å²) >= 11 is 1.19. The number of halogens is 1. The van der Waals surface area contributed by atoms with E-state index in [4.69, 9.17) is 0 Å². The van der Waals surface area contributed by atoms with Crippen LogP contribution >= 0.6 is 11.3 Å². The number of amides is 2. The Hall–Kier alpha value is -3.07. The molecule has 4 heterocycles. The van der Waals surface area contributed by atoms with Gasteiger partial charge in [-0.25, -0.2) is 9.37 Å². The van der Waals surface area contributed by atoms with Gasteiger partial charge in [-0.05, 0) is 75.3 Å². The fraction of sp³-hybridized carbons (Fsp3) is 0.440. The molecule has 0 saturated carbocycles. The van der Waals surface area contributed by atoms with E-state index in [1.54, 1.807) is 22.8 Å². The number of piperidine rings is 1. The van der Waals surface area contributed by atoms with Gasteiger partial charge >= 0.3 is 0 Å². The predicted octanol–water partition coefficient (Wildman–Crippen LogP) is 3.90. The minimum Gasteiger partial charge on any atom is -0.341 e. The Labute approximate surface area is 200 Å². The number of aromatic nitrogens is 2. The zero-order valence-corrected chi connectivity index (χ0v) is 20.2. The van der Waals surface area contributed by atoms with Gasteiger partial charge in [0.1, 0.15) is 17.2 Å². The van der Waals surface area contributed by atoms with E-state index in [1.807, 2.05) is 6.92 Å². The Morgan fingerprint density at radius 1 is 1.21 bits per heavy atom. The first-order valence-electron chi connectivity index (χ1n) is 11.7. The van der Waals surface area contributed by atoms with E-state index in [9.17, 15) is 18.8 Å². The predicted molar refractivity (Wildman–Crippen MR) is 130 cm³/mol. The Balaban J connectivity index is 1.49. The second-order valence-corrected chi connectivity index (χ2v) is 10.2. The van der Waals surface area contributed by atoms with Crippen LogP contribution in [0.3, 0.4) is 0 Å². The van der Waals surface area contributed by atoms with Crippen molar-refractivity contribution in [3.8, 4) is 0 Å². The van der Waals surface area contributed by atoms with Crippen molar-refractivity contribution in [2.75, 3.05) is 18.0 Å². The van der Waals surface area contributed by atoms with Crippen molar-refractivity contribution in [1.29, 1.82) is 0 Å². The Bertz CT molecular complexity index is 1340. The SMILES string of the molecule is Cc1c(C(=O)N2c3ccc(F)cc3CCC2C)sc2ncn(CC(=O)N3CCCCC3)c(=O)c12. The minimum absolute atomic E-state index is 0.0531. The summed E-state index contributed by atoms with van der Waals surface area (Å²) in [7, 11) is 0. The lowest BCUT2D eigenvalue weighted by molar-refractivity contribution is -0.132. The maximum Gasteiger partial charge on any atom is 0.268 e. The number of anilines is 1. The summed E-state index contributed by atoms with van der Waals surface area (Å²) in [5.74, 6) is -0.614. The largest absolute Gasteiger partial charge is 0.341 e. The standard InChI is InChI=1S/C25H27FN4O3S/c1-15-6-7-17-12-18(26)8-9-19(17)30(15)25(33)22-16(2)21-23(34-22)27-14-29(24(21)32)13-20(31)28-10-4-3-5-11-28/h8-9,12,14-15H,3-7,10-11,13H2,1-2H3. The number of aryl methyl sites for hydroxylation is 2. The van der Waals surface area contributed by atoms with Gasteiger partial charge in [-0.15, -0.1) is 11.3 Å². The summed E-state index contributed by atoms with van der Waals surface area (Å²) in [5.41, 5.74) is 1.78. The van der Waals surface area contributed by atoms with E-state index < -0.39 is 0 Å². The molecular weight excluding hydrogens is 455 g/mol. The zero-order valence-electron chi connectivity index (χ0n) is 19.3. The average molecular weight is 483 g/mol. The third-order valence-electron chi connectivity index (χ3n) is 6.92. The molecule has 5 rings (SSSR count). The quantitative estimate of drug-likeness (QED) is 0.568. The molecule has 1 saturated heterocycles. The molecule has 2 amide bonds. The topological polar surface area (TPSA) is 75.5 Å². The van der Waals surface area contributed by atoms with Gasteiger partial charge in [0.2, 0.25) is 5.91 Å². The number of thiophene rings is 1. The Morgan fingerprint density at radius 3 is 2.74 bits per heavy atom. The molecule has 9 heteroatoms. The maximum atomic E-state index is 13.8. The molecule has 0 aliphatic carbocycles. The van der Waals surface area contributed by atoms with E-state index in [1.165, 1.54) is 34.4 Å². The minimum atomic E-state index is -0.317. The lowest BCUT2D eigenvalue weighted by Gasteiger charge is -2.35. The lowest BCUT2D eigenvalue weighted by Crippen LogP contribution is -2.42. The van der Waals surface area contributed by atoms with Gasteiger partial charge in [0.15, 0.2) is 0 Å². The fourth-order valence-electron chi connectivity index (χ4n) is 5.00. The Morgan fingerprint density at radius 2 is 1.97 bits per heavy atom. The van der Waals surface area contributed by atoms with Crippen LogP contribution in [-0.2, 0) is 17.8 Å². The van der Waals surface area contributed by atoms with Gasteiger partial charge in [0.25, 0.3) is 11.5 Å². The molecule has 0 radical (unpaired) electrons. The number of likely N-dealkylation sites (tertiary alicyclic amines) is 1. The number of carbonyl (C=O) groups excluding carboxylic acids is 2. The second kappa shape index (κ2) is 8.94. The number of nitrogens with zero attached hydrogens (tertiary/aromatic N) is 4. The zero-order chi connectivity index (χ0) is 24.0. The molecule has 0 bridgehead atoms. The molecule has 1 unspecified atom stereocenters. The van der Waals surface area contributed by atoms with Crippen LogP contribution in [0.15, 0.2) is 29.3 Å².